The smallest absolute Gasteiger partial charge is 0.308 e. The van der Waals surface area contributed by atoms with Crippen molar-refractivity contribution in [3.8, 4) is 5.75 Å². The van der Waals surface area contributed by atoms with Gasteiger partial charge in [0, 0.05) is 16.5 Å². The fourth-order valence-electron chi connectivity index (χ4n) is 5.25. The number of aryl methyl sites for hydroxylation is 1. The molecule has 8 nitrogen and oxygen atoms in total. The van der Waals surface area contributed by atoms with E-state index in [2.05, 4.69) is 5.32 Å². The van der Waals surface area contributed by atoms with E-state index in [4.69, 9.17) is 4.74 Å². The molecule has 0 radical (unpaired) electrons. The van der Waals surface area contributed by atoms with Crippen LogP contribution in [0.15, 0.2) is 82.6 Å². The minimum absolute atomic E-state index is 0.277. The molecule has 1 aromatic heterocycles. The molecule has 1 fully saturated rings. The van der Waals surface area contributed by atoms with Gasteiger partial charge in [-0.05, 0) is 61.0 Å². The summed E-state index contributed by atoms with van der Waals surface area (Å²) in [5, 5.41) is 2.42. The molecule has 2 aliphatic heterocycles. The van der Waals surface area contributed by atoms with Gasteiger partial charge in [-0.25, -0.2) is 9.29 Å². The molecule has 208 valence electrons. The first-order chi connectivity index (χ1) is 19.7. The lowest BCUT2D eigenvalue weighted by Crippen LogP contribution is -2.33. The molecular weight excluding hydrogens is 565 g/mol. The summed E-state index contributed by atoms with van der Waals surface area (Å²) in [6, 6.07) is 19.7. The molecular formula is C30H24FN3O5S2. The number of thioether (sulfide) groups is 1. The molecule has 6 rings (SSSR count). The molecule has 1 N–H and O–H groups in total. The summed E-state index contributed by atoms with van der Waals surface area (Å²) in [6.07, 6.45) is 0. The number of nitrogens with zero attached hydrogens (tertiary/aromatic N) is 2. The van der Waals surface area contributed by atoms with E-state index in [9.17, 15) is 23.6 Å². The van der Waals surface area contributed by atoms with Gasteiger partial charge in [0.15, 0.2) is 0 Å². The Morgan fingerprint density at radius 1 is 0.951 bits per heavy atom. The molecule has 3 heterocycles. The average molecular weight is 590 g/mol. The molecule has 1 saturated heterocycles. The van der Waals surface area contributed by atoms with Crippen LogP contribution in [0.5, 0.6) is 5.75 Å². The number of anilines is 2. The van der Waals surface area contributed by atoms with Crippen molar-refractivity contribution in [1.82, 2.24) is 4.57 Å². The van der Waals surface area contributed by atoms with Crippen LogP contribution in [0.4, 0.5) is 15.8 Å². The predicted molar refractivity (Wildman–Crippen MR) is 155 cm³/mol. The maximum atomic E-state index is 13.9. The number of fused-ring (bicyclic) bond motifs is 2. The number of rotatable bonds is 6. The number of hydrogen-bond donors (Lipinski definition) is 1. The van der Waals surface area contributed by atoms with E-state index in [1.165, 1.54) is 21.6 Å². The highest BCUT2D eigenvalue weighted by atomic mass is 32.2. The van der Waals surface area contributed by atoms with Crippen molar-refractivity contribution < 1.29 is 23.5 Å². The highest BCUT2D eigenvalue weighted by Crippen LogP contribution is 2.53. The lowest BCUT2D eigenvalue weighted by atomic mass is 9.83. The van der Waals surface area contributed by atoms with E-state index >= 15 is 0 Å². The van der Waals surface area contributed by atoms with E-state index in [1.807, 2.05) is 19.1 Å². The first kappa shape index (κ1) is 27.0. The van der Waals surface area contributed by atoms with Crippen LogP contribution in [0, 0.1) is 18.7 Å². The summed E-state index contributed by atoms with van der Waals surface area (Å²) in [4.78, 5) is 55.3. The van der Waals surface area contributed by atoms with Crippen molar-refractivity contribution >= 4 is 52.2 Å². The topological polar surface area (TPSA) is 97.7 Å². The highest BCUT2D eigenvalue weighted by Gasteiger charge is 2.56. The zero-order valence-corrected chi connectivity index (χ0v) is 23.6. The van der Waals surface area contributed by atoms with Crippen LogP contribution in [0.25, 0.3) is 0 Å². The number of carbonyl (C=O) groups is 3. The standard InChI is InChI=1S/C30H24FN3O5S2/c1-16-3-11-20(12-4-16)34-27(36)24-23(17-5-7-18(31)8-6-17)26-29(40-25(24)28(34)37)33(30(38)41-26)15-22(35)32-19-9-13-21(39-2)14-10-19/h3-14,23-25H,15H2,1-2H3,(H,32,35)/t23-,24-,25+/m0/s1. The number of halogens is 1. The van der Waals surface area contributed by atoms with Crippen molar-refractivity contribution in [3.63, 3.8) is 0 Å². The number of imide groups is 1. The maximum absolute atomic E-state index is 13.9. The van der Waals surface area contributed by atoms with E-state index < -0.39 is 28.8 Å². The van der Waals surface area contributed by atoms with Gasteiger partial charge in [0.05, 0.1) is 23.7 Å². The van der Waals surface area contributed by atoms with Crippen LogP contribution < -0.4 is 19.8 Å². The van der Waals surface area contributed by atoms with E-state index in [0.29, 0.717) is 32.6 Å². The average Bonchev–Trinajstić information content (AvgIpc) is 3.40. The van der Waals surface area contributed by atoms with Crippen LogP contribution in [0.3, 0.4) is 0 Å². The Labute approximate surface area is 242 Å². The Hall–Kier alpha value is -4.22. The number of carbonyl (C=O) groups excluding carboxylic acids is 3. The van der Waals surface area contributed by atoms with Crippen LogP contribution in [-0.4, -0.2) is 34.6 Å². The summed E-state index contributed by atoms with van der Waals surface area (Å²) < 4.78 is 20.4. The molecule has 11 heteroatoms. The molecule has 0 unspecified atom stereocenters. The number of hydrogen-bond acceptors (Lipinski definition) is 7. The highest BCUT2D eigenvalue weighted by molar-refractivity contribution is 8.00. The second-order valence-electron chi connectivity index (χ2n) is 9.84. The Kier molecular flexibility index (Phi) is 7.00. The SMILES string of the molecule is COc1ccc(NC(=O)Cn2c3c(sc2=O)[C@@H](c2ccc(F)cc2)[C@@H]2C(=O)N(c4ccc(C)cc4)C(=O)[C@@H]2S3)cc1. The minimum Gasteiger partial charge on any atom is -0.497 e. The van der Waals surface area contributed by atoms with E-state index in [1.54, 1.807) is 55.6 Å². The van der Waals surface area contributed by atoms with Gasteiger partial charge in [0.25, 0.3) is 0 Å². The molecule has 0 aliphatic carbocycles. The Morgan fingerprint density at radius 2 is 1.63 bits per heavy atom. The van der Waals surface area contributed by atoms with Gasteiger partial charge < -0.3 is 10.1 Å². The molecule has 41 heavy (non-hydrogen) atoms. The van der Waals surface area contributed by atoms with Crippen LogP contribution in [0.2, 0.25) is 0 Å². The second-order valence-corrected chi connectivity index (χ2v) is 12.0. The van der Waals surface area contributed by atoms with Gasteiger partial charge in [-0.2, -0.15) is 0 Å². The van der Waals surface area contributed by atoms with Crippen molar-refractivity contribution in [2.75, 3.05) is 17.3 Å². The zero-order chi connectivity index (χ0) is 28.8. The summed E-state index contributed by atoms with van der Waals surface area (Å²) in [7, 11) is 1.55. The lowest BCUT2D eigenvalue weighted by Gasteiger charge is -2.30. The molecule has 3 atom stereocenters. The molecule has 0 bridgehead atoms. The van der Waals surface area contributed by atoms with Gasteiger partial charge >= 0.3 is 4.87 Å². The van der Waals surface area contributed by atoms with E-state index in [-0.39, 0.29) is 23.2 Å². The van der Waals surface area contributed by atoms with Gasteiger partial charge in [-0.15, -0.1) is 0 Å². The van der Waals surface area contributed by atoms with Crippen molar-refractivity contribution in [2.24, 2.45) is 5.92 Å². The minimum atomic E-state index is -0.823. The van der Waals surface area contributed by atoms with Crippen molar-refractivity contribution in [3.05, 3.63) is 104 Å². The molecule has 0 spiro atoms. The first-order valence-electron chi connectivity index (χ1n) is 12.8. The molecule has 4 aromatic rings. The number of aromatic nitrogens is 1. The molecule has 2 aliphatic rings. The van der Waals surface area contributed by atoms with Crippen LogP contribution in [0.1, 0.15) is 21.9 Å². The van der Waals surface area contributed by atoms with Crippen LogP contribution >= 0.6 is 23.1 Å². The molecule has 3 aromatic carbocycles. The molecule has 0 saturated carbocycles. The Bertz CT molecular complexity index is 1720. The summed E-state index contributed by atoms with van der Waals surface area (Å²) in [6.45, 7) is 1.64. The maximum Gasteiger partial charge on any atom is 0.308 e. The van der Waals surface area contributed by atoms with Crippen molar-refractivity contribution in [1.29, 1.82) is 0 Å². The third kappa shape index (κ3) is 4.85. The number of ether oxygens (including phenoxy) is 1. The zero-order valence-electron chi connectivity index (χ0n) is 22.0. The summed E-state index contributed by atoms with van der Waals surface area (Å²) in [5.41, 5.74) is 2.61. The van der Waals surface area contributed by atoms with Crippen molar-refractivity contribution in [2.45, 2.75) is 29.7 Å². The number of methoxy groups -OCH3 is 1. The lowest BCUT2D eigenvalue weighted by molar-refractivity contribution is -0.122. The summed E-state index contributed by atoms with van der Waals surface area (Å²) >= 11 is 2.08. The third-order valence-electron chi connectivity index (χ3n) is 7.25. The monoisotopic (exact) mass is 589 g/mol. The number of benzene rings is 3. The normalized spacial score (nSPS) is 19.6. The van der Waals surface area contributed by atoms with Gasteiger partial charge in [-0.3, -0.25) is 23.7 Å². The van der Waals surface area contributed by atoms with Gasteiger partial charge in [-0.1, -0.05) is 52.9 Å². The first-order valence-corrected chi connectivity index (χ1v) is 14.5. The Morgan fingerprint density at radius 3 is 2.29 bits per heavy atom. The molecule has 3 amide bonds. The van der Waals surface area contributed by atoms with Gasteiger partial charge in [0.2, 0.25) is 17.7 Å². The quantitative estimate of drug-likeness (QED) is 0.325. The fraction of sp³-hybridized carbons (Fsp3) is 0.200. The fourth-order valence-corrected chi connectivity index (χ4v) is 8.02. The van der Waals surface area contributed by atoms with Crippen LogP contribution in [-0.2, 0) is 20.9 Å². The predicted octanol–water partition coefficient (Wildman–Crippen LogP) is 4.80. The third-order valence-corrected chi connectivity index (χ3v) is 9.85. The van der Waals surface area contributed by atoms with Gasteiger partial charge in [0.1, 0.15) is 23.4 Å². The van der Waals surface area contributed by atoms with E-state index in [0.717, 1.165) is 28.7 Å². The number of thiazole rings is 1. The second kappa shape index (κ2) is 10.6. The largest absolute Gasteiger partial charge is 0.497 e. The Balaban J connectivity index is 1.38. The number of amides is 3. The summed E-state index contributed by atoms with van der Waals surface area (Å²) in [5.74, 6) is -2.45. The number of nitrogens with one attached hydrogen (secondary N) is 1.